The van der Waals surface area contributed by atoms with Gasteiger partial charge in [-0.3, -0.25) is 4.79 Å². The van der Waals surface area contributed by atoms with Gasteiger partial charge in [0.1, 0.15) is 29.0 Å². The topological polar surface area (TPSA) is 93.3 Å². The van der Waals surface area contributed by atoms with E-state index in [1.807, 2.05) is 48.7 Å². The minimum absolute atomic E-state index is 0.260. The van der Waals surface area contributed by atoms with Crippen molar-refractivity contribution in [3.05, 3.63) is 82.7 Å². The van der Waals surface area contributed by atoms with Crippen LogP contribution in [0.4, 0.5) is 14.5 Å². The molecule has 0 saturated carbocycles. The van der Waals surface area contributed by atoms with Crippen molar-refractivity contribution < 1.29 is 27.8 Å². The molecule has 0 radical (unpaired) electrons. The van der Waals surface area contributed by atoms with Gasteiger partial charge in [0.05, 0.1) is 12.8 Å². The summed E-state index contributed by atoms with van der Waals surface area (Å²) in [7, 11) is 1.58. The highest BCUT2D eigenvalue weighted by Crippen LogP contribution is 2.24. The predicted octanol–water partition coefficient (Wildman–Crippen LogP) is 4.47. The van der Waals surface area contributed by atoms with E-state index in [1.165, 1.54) is 6.08 Å². The van der Waals surface area contributed by atoms with Gasteiger partial charge in [0.2, 0.25) is 0 Å². The van der Waals surface area contributed by atoms with E-state index in [-0.39, 0.29) is 11.3 Å². The van der Waals surface area contributed by atoms with Crippen LogP contribution in [0.5, 0.6) is 5.75 Å². The number of benzene rings is 2. The van der Waals surface area contributed by atoms with Crippen LogP contribution in [0.1, 0.15) is 17.0 Å². The number of halogens is 2. The Labute approximate surface area is 194 Å². The molecular weight excluding hydrogens is 444 g/mol. The van der Waals surface area contributed by atoms with Crippen molar-refractivity contribution in [1.82, 2.24) is 4.57 Å². The Kier molecular flexibility index (Phi) is 7.43. The van der Waals surface area contributed by atoms with Crippen LogP contribution in [0.15, 0.2) is 54.1 Å². The number of rotatable bonds is 7. The highest BCUT2D eigenvalue weighted by molar-refractivity contribution is 6.00. The number of aromatic nitrogens is 1. The van der Waals surface area contributed by atoms with Gasteiger partial charge in [-0.25, -0.2) is 13.6 Å². The molecule has 3 rings (SSSR count). The summed E-state index contributed by atoms with van der Waals surface area (Å²) in [4.78, 5) is 24.3. The van der Waals surface area contributed by atoms with Crippen LogP contribution in [0, 0.1) is 36.8 Å². The quantitative estimate of drug-likeness (QED) is 0.316. The van der Waals surface area contributed by atoms with Crippen LogP contribution in [0.25, 0.3) is 11.8 Å². The number of methoxy groups -OCH3 is 1. The molecule has 0 spiro atoms. The van der Waals surface area contributed by atoms with Gasteiger partial charge < -0.3 is 19.4 Å². The number of nitriles is 1. The fraction of sp³-hybridized carbons (Fsp3) is 0.160. The van der Waals surface area contributed by atoms with Gasteiger partial charge in [-0.15, -0.1) is 0 Å². The summed E-state index contributed by atoms with van der Waals surface area (Å²) in [5, 5.41) is 11.6. The maximum absolute atomic E-state index is 13.6. The molecule has 1 amide bonds. The highest BCUT2D eigenvalue weighted by Gasteiger charge is 2.17. The molecule has 0 bridgehead atoms. The Morgan fingerprint density at radius 1 is 1.12 bits per heavy atom. The zero-order chi connectivity index (χ0) is 24.8. The molecule has 0 atom stereocenters. The smallest absolute Gasteiger partial charge is 0.349 e. The first kappa shape index (κ1) is 24.2. The lowest BCUT2D eigenvalue weighted by Gasteiger charge is -2.10. The van der Waals surface area contributed by atoms with Crippen molar-refractivity contribution in [2.24, 2.45) is 0 Å². The molecule has 3 aromatic rings. The summed E-state index contributed by atoms with van der Waals surface area (Å²) in [6.45, 7) is 2.98. The fourth-order valence-corrected chi connectivity index (χ4v) is 3.34. The van der Waals surface area contributed by atoms with Gasteiger partial charge in [0.15, 0.2) is 6.61 Å². The Bertz CT molecular complexity index is 1300. The number of amides is 1. The normalized spacial score (nSPS) is 11.0. The molecule has 0 saturated heterocycles. The summed E-state index contributed by atoms with van der Waals surface area (Å²) in [5.74, 6) is -2.89. The lowest BCUT2D eigenvalue weighted by molar-refractivity contribution is -0.142. The number of anilines is 1. The molecule has 9 heteroatoms. The number of esters is 1. The first-order chi connectivity index (χ1) is 16.2. The van der Waals surface area contributed by atoms with Crippen molar-refractivity contribution >= 4 is 23.6 Å². The Hall–Kier alpha value is -4.45. The van der Waals surface area contributed by atoms with Gasteiger partial charge in [0.25, 0.3) is 5.91 Å². The molecule has 1 N–H and O–H groups in total. The standard InChI is InChI=1S/C25H21F2N3O4/c1-15-10-17(16(2)30(15)20-5-7-21(33-3)8-6-20)11-18(13-28)25(32)34-14-24(31)29-23-9-4-19(26)12-22(23)27/h4-12H,14H2,1-3H3,(H,29,31)/b18-11+. The first-order valence-electron chi connectivity index (χ1n) is 10.1. The largest absolute Gasteiger partial charge is 0.497 e. The Morgan fingerprint density at radius 2 is 1.82 bits per heavy atom. The molecule has 0 fully saturated rings. The van der Waals surface area contributed by atoms with Crippen LogP contribution < -0.4 is 10.1 Å². The molecule has 0 aliphatic heterocycles. The van der Waals surface area contributed by atoms with Crippen LogP contribution in [0.2, 0.25) is 0 Å². The maximum Gasteiger partial charge on any atom is 0.349 e. The minimum Gasteiger partial charge on any atom is -0.497 e. The number of carbonyl (C=O) groups is 2. The third-order valence-electron chi connectivity index (χ3n) is 4.98. The van der Waals surface area contributed by atoms with Crippen molar-refractivity contribution in [3.63, 3.8) is 0 Å². The maximum atomic E-state index is 13.6. The Morgan fingerprint density at radius 3 is 2.44 bits per heavy atom. The van der Waals surface area contributed by atoms with Crippen LogP contribution in [-0.4, -0.2) is 30.2 Å². The summed E-state index contributed by atoms with van der Waals surface area (Å²) in [6.07, 6.45) is 1.38. The second kappa shape index (κ2) is 10.4. The lowest BCUT2D eigenvalue weighted by Crippen LogP contribution is -2.22. The Balaban J connectivity index is 1.72. The molecule has 0 aliphatic carbocycles. The van der Waals surface area contributed by atoms with E-state index in [9.17, 15) is 23.6 Å². The van der Waals surface area contributed by atoms with E-state index in [2.05, 4.69) is 5.32 Å². The molecule has 1 heterocycles. The summed E-state index contributed by atoms with van der Waals surface area (Å²) < 4.78 is 38.6. The zero-order valence-corrected chi connectivity index (χ0v) is 18.7. The molecule has 0 unspecified atom stereocenters. The van der Waals surface area contributed by atoms with E-state index in [0.717, 1.165) is 29.2 Å². The third kappa shape index (κ3) is 5.48. The van der Waals surface area contributed by atoms with Gasteiger partial charge in [0, 0.05) is 23.1 Å². The monoisotopic (exact) mass is 465 g/mol. The summed E-state index contributed by atoms with van der Waals surface area (Å²) in [5.41, 5.74) is 2.59. The van der Waals surface area contributed by atoms with Gasteiger partial charge in [-0.2, -0.15) is 5.26 Å². The first-order valence-corrected chi connectivity index (χ1v) is 10.1. The number of ether oxygens (including phenoxy) is 2. The van der Waals surface area contributed by atoms with E-state index in [0.29, 0.717) is 17.4 Å². The van der Waals surface area contributed by atoms with Crippen LogP contribution in [-0.2, 0) is 14.3 Å². The van der Waals surface area contributed by atoms with Crippen molar-refractivity contribution in [2.45, 2.75) is 13.8 Å². The highest BCUT2D eigenvalue weighted by atomic mass is 19.1. The van der Waals surface area contributed by atoms with Crippen molar-refractivity contribution in [2.75, 3.05) is 19.0 Å². The van der Waals surface area contributed by atoms with Crippen molar-refractivity contribution in [1.29, 1.82) is 5.26 Å². The van der Waals surface area contributed by atoms with Crippen molar-refractivity contribution in [3.8, 4) is 17.5 Å². The number of nitrogens with one attached hydrogen (secondary N) is 1. The molecule has 0 aliphatic rings. The summed E-state index contributed by atoms with van der Waals surface area (Å²) in [6, 6.07) is 13.6. The number of hydrogen-bond acceptors (Lipinski definition) is 5. The SMILES string of the molecule is COc1ccc(-n2c(C)cc(/C=C(\C#N)C(=O)OCC(=O)Nc3ccc(F)cc3F)c2C)cc1. The average molecular weight is 465 g/mol. The summed E-state index contributed by atoms with van der Waals surface area (Å²) >= 11 is 0. The second-order valence-corrected chi connectivity index (χ2v) is 7.28. The minimum atomic E-state index is -1.01. The third-order valence-corrected chi connectivity index (χ3v) is 4.98. The molecule has 1 aromatic heterocycles. The molecule has 174 valence electrons. The van der Waals surface area contributed by atoms with E-state index < -0.39 is 30.1 Å². The number of hydrogen-bond donors (Lipinski definition) is 1. The number of carbonyl (C=O) groups excluding carboxylic acids is 2. The number of aryl methyl sites for hydroxylation is 1. The fourth-order valence-electron chi connectivity index (χ4n) is 3.34. The van der Waals surface area contributed by atoms with E-state index >= 15 is 0 Å². The second-order valence-electron chi connectivity index (χ2n) is 7.28. The number of nitrogens with zero attached hydrogens (tertiary/aromatic N) is 2. The van der Waals surface area contributed by atoms with E-state index in [1.54, 1.807) is 13.2 Å². The predicted molar refractivity (Wildman–Crippen MR) is 121 cm³/mol. The molecular formula is C25H21F2N3O4. The lowest BCUT2D eigenvalue weighted by atomic mass is 10.1. The molecule has 7 nitrogen and oxygen atoms in total. The van der Waals surface area contributed by atoms with Gasteiger partial charge >= 0.3 is 5.97 Å². The van der Waals surface area contributed by atoms with Crippen LogP contribution >= 0.6 is 0 Å². The average Bonchev–Trinajstić information content (AvgIpc) is 3.10. The zero-order valence-electron chi connectivity index (χ0n) is 18.7. The van der Waals surface area contributed by atoms with E-state index in [4.69, 9.17) is 9.47 Å². The van der Waals surface area contributed by atoms with Gasteiger partial charge in [-0.05, 0) is 68.0 Å². The van der Waals surface area contributed by atoms with Gasteiger partial charge in [-0.1, -0.05) is 0 Å². The molecule has 34 heavy (non-hydrogen) atoms. The molecule has 2 aromatic carbocycles. The van der Waals surface area contributed by atoms with Crippen LogP contribution in [0.3, 0.4) is 0 Å².